The molecule has 100 valence electrons. The zero-order valence-corrected chi connectivity index (χ0v) is 10.7. The molecule has 2 aromatic rings. The number of hydrogen-bond donors (Lipinski definition) is 1. The lowest BCUT2D eigenvalue weighted by Gasteiger charge is -2.15. The van der Waals surface area contributed by atoms with Crippen molar-refractivity contribution in [3.05, 3.63) is 53.7 Å². The number of aromatic nitrogens is 1. The van der Waals surface area contributed by atoms with E-state index < -0.39 is 11.6 Å². The van der Waals surface area contributed by atoms with Gasteiger partial charge in [-0.1, -0.05) is 0 Å². The Morgan fingerprint density at radius 1 is 1.16 bits per heavy atom. The van der Waals surface area contributed by atoms with Gasteiger partial charge in [-0.05, 0) is 30.7 Å². The van der Waals surface area contributed by atoms with Gasteiger partial charge in [0.25, 0.3) is 0 Å². The second kappa shape index (κ2) is 5.65. The van der Waals surface area contributed by atoms with E-state index in [9.17, 15) is 8.78 Å². The highest BCUT2D eigenvalue weighted by Crippen LogP contribution is 2.21. The molecule has 0 amide bonds. The van der Waals surface area contributed by atoms with Gasteiger partial charge in [0.15, 0.2) is 0 Å². The van der Waals surface area contributed by atoms with E-state index in [4.69, 9.17) is 4.74 Å². The van der Waals surface area contributed by atoms with Gasteiger partial charge in [0, 0.05) is 18.2 Å². The second-order valence-corrected chi connectivity index (χ2v) is 4.16. The van der Waals surface area contributed by atoms with Crippen LogP contribution in [0.15, 0.2) is 36.5 Å². The summed E-state index contributed by atoms with van der Waals surface area (Å²) in [6.45, 7) is 1.82. The summed E-state index contributed by atoms with van der Waals surface area (Å²) in [5, 5.41) is 3.11. The summed E-state index contributed by atoms with van der Waals surface area (Å²) in [6.07, 6.45) is 1.60. The molecule has 0 aliphatic carbocycles. The summed E-state index contributed by atoms with van der Waals surface area (Å²) in [6, 6.07) is 6.72. The van der Waals surface area contributed by atoms with Gasteiger partial charge in [0.1, 0.15) is 11.6 Å². The molecule has 0 aliphatic rings. The van der Waals surface area contributed by atoms with Gasteiger partial charge in [-0.2, -0.15) is 0 Å². The fourth-order valence-electron chi connectivity index (χ4n) is 1.74. The van der Waals surface area contributed by atoms with E-state index in [0.717, 1.165) is 11.8 Å². The fourth-order valence-corrected chi connectivity index (χ4v) is 1.74. The van der Waals surface area contributed by atoms with E-state index in [1.165, 1.54) is 19.2 Å². The van der Waals surface area contributed by atoms with Crippen molar-refractivity contribution in [3.8, 4) is 5.88 Å². The molecule has 1 atom stereocenters. The number of nitrogens with zero attached hydrogens (tertiary/aromatic N) is 1. The van der Waals surface area contributed by atoms with Crippen molar-refractivity contribution < 1.29 is 13.5 Å². The number of hydrogen-bond acceptors (Lipinski definition) is 3. The van der Waals surface area contributed by atoms with Gasteiger partial charge >= 0.3 is 0 Å². The van der Waals surface area contributed by atoms with Crippen molar-refractivity contribution in [3.63, 3.8) is 0 Å². The van der Waals surface area contributed by atoms with Crippen molar-refractivity contribution in [2.45, 2.75) is 13.0 Å². The molecule has 0 spiro atoms. The molecule has 1 aromatic carbocycles. The maximum Gasteiger partial charge on any atom is 0.213 e. The molecule has 1 N–H and O–H groups in total. The number of benzene rings is 1. The summed E-state index contributed by atoms with van der Waals surface area (Å²) < 4.78 is 31.2. The highest BCUT2D eigenvalue weighted by molar-refractivity contribution is 5.44. The molecule has 3 nitrogen and oxygen atoms in total. The van der Waals surface area contributed by atoms with Crippen LogP contribution in [0.25, 0.3) is 0 Å². The first-order valence-electron chi connectivity index (χ1n) is 5.81. The van der Waals surface area contributed by atoms with Crippen molar-refractivity contribution in [1.29, 1.82) is 0 Å². The summed E-state index contributed by atoms with van der Waals surface area (Å²) in [7, 11) is 1.54. The molecule has 5 heteroatoms. The Bertz CT molecular complexity index is 538. The minimum Gasteiger partial charge on any atom is -0.481 e. The quantitative estimate of drug-likeness (QED) is 0.917. The van der Waals surface area contributed by atoms with Gasteiger partial charge in [-0.25, -0.2) is 13.8 Å². The van der Waals surface area contributed by atoms with Crippen LogP contribution in [0.2, 0.25) is 0 Å². The molecule has 19 heavy (non-hydrogen) atoms. The number of rotatable bonds is 4. The minimum absolute atomic E-state index is 0.236. The lowest BCUT2D eigenvalue weighted by atomic mass is 10.1. The summed E-state index contributed by atoms with van der Waals surface area (Å²) >= 11 is 0. The number of anilines is 1. The Morgan fingerprint density at radius 2 is 1.84 bits per heavy atom. The monoisotopic (exact) mass is 264 g/mol. The third-order valence-electron chi connectivity index (χ3n) is 2.71. The molecule has 1 unspecified atom stereocenters. The summed E-state index contributed by atoms with van der Waals surface area (Å²) in [4.78, 5) is 4.05. The highest BCUT2D eigenvalue weighted by atomic mass is 19.1. The number of ether oxygens (including phenoxy) is 1. The zero-order chi connectivity index (χ0) is 13.8. The maximum atomic E-state index is 13.1. The van der Waals surface area contributed by atoms with Crippen LogP contribution >= 0.6 is 0 Å². The van der Waals surface area contributed by atoms with Gasteiger partial charge in [-0.3, -0.25) is 0 Å². The molecule has 2 rings (SSSR count). The predicted molar refractivity (Wildman–Crippen MR) is 69.2 cm³/mol. The van der Waals surface area contributed by atoms with E-state index in [1.807, 2.05) is 6.92 Å². The van der Waals surface area contributed by atoms with Crippen LogP contribution in [0.4, 0.5) is 14.5 Å². The lowest BCUT2D eigenvalue weighted by molar-refractivity contribution is 0.398. The standard InChI is InChI=1S/C14H14F2N2O/c1-9(10-5-11(15)7-12(16)6-10)18-13-3-4-14(19-2)17-8-13/h3-9,18H,1-2H3. The zero-order valence-electron chi connectivity index (χ0n) is 10.7. The maximum absolute atomic E-state index is 13.1. The van der Waals surface area contributed by atoms with E-state index in [0.29, 0.717) is 11.4 Å². The van der Waals surface area contributed by atoms with E-state index in [2.05, 4.69) is 10.3 Å². The number of halogens is 2. The molecule has 0 saturated heterocycles. The summed E-state index contributed by atoms with van der Waals surface area (Å²) in [5.74, 6) is -0.664. The van der Waals surface area contributed by atoms with Gasteiger partial charge < -0.3 is 10.1 Å². The van der Waals surface area contributed by atoms with E-state index >= 15 is 0 Å². The third kappa shape index (κ3) is 3.40. The smallest absolute Gasteiger partial charge is 0.213 e. The normalized spacial score (nSPS) is 12.0. The van der Waals surface area contributed by atoms with Crippen LogP contribution in [-0.4, -0.2) is 12.1 Å². The fraction of sp³-hybridized carbons (Fsp3) is 0.214. The van der Waals surface area contributed by atoms with Crippen LogP contribution in [0.5, 0.6) is 5.88 Å². The molecule has 0 radical (unpaired) electrons. The Balaban J connectivity index is 2.13. The van der Waals surface area contributed by atoms with Crippen LogP contribution in [0, 0.1) is 11.6 Å². The van der Waals surface area contributed by atoms with E-state index in [-0.39, 0.29) is 6.04 Å². The third-order valence-corrected chi connectivity index (χ3v) is 2.71. The minimum atomic E-state index is -0.587. The average Bonchev–Trinajstić information content (AvgIpc) is 2.38. The molecule has 1 aromatic heterocycles. The SMILES string of the molecule is COc1ccc(NC(C)c2cc(F)cc(F)c2)cn1. The first-order valence-corrected chi connectivity index (χ1v) is 5.81. The highest BCUT2D eigenvalue weighted by Gasteiger charge is 2.09. The van der Waals surface area contributed by atoms with Crippen LogP contribution in [0.1, 0.15) is 18.5 Å². The van der Waals surface area contributed by atoms with Crippen LogP contribution in [-0.2, 0) is 0 Å². The van der Waals surface area contributed by atoms with Crippen molar-refractivity contribution in [2.75, 3.05) is 12.4 Å². The molecular weight excluding hydrogens is 250 g/mol. The molecule has 1 heterocycles. The van der Waals surface area contributed by atoms with Crippen LogP contribution < -0.4 is 10.1 Å². The topological polar surface area (TPSA) is 34.1 Å². The van der Waals surface area contributed by atoms with Gasteiger partial charge in [0.2, 0.25) is 5.88 Å². The first kappa shape index (κ1) is 13.3. The lowest BCUT2D eigenvalue weighted by Crippen LogP contribution is -2.07. The summed E-state index contributed by atoms with van der Waals surface area (Å²) in [5.41, 5.74) is 1.28. The Labute approximate surface area is 110 Å². The van der Waals surface area contributed by atoms with Gasteiger partial charge in [-0.15, -0.1) is 0 Å². The van der Waals surface area contributed by atoms with Crippen LogP contribution in [0.3, 0.4) is 0 Å². The number of pyridine rings is 1. The first-order chi connectivity index (χ1) is 9.08. The van der Waals surface area contributed by atoms with E-state index in [1.54, 1.807) is 18.3 Å². The molecule has 0 fully saturated rings. The second-order valence-electron chi connectivity index (χ2n) is 4.16. The molecule has 0 aliphatic heterocycles. The molecule has 0 bridgehead atoms. The van der Waals surface area contributed by atoms with Gasteiger partial charge in [0.05, 0.1) is 19.0 Å². The average molecular weight is 264 g/mol. The number of nitrogens with one attached hydrogen (secondary N) is 1. The molecule has 0 saturated carbocycles. The molecular formula is C14H14F2N2O. The largest absolute Gasteiger partial charge is 0.481 e. The number of methoxy groups -OCH3 is 1. The van der Waals surface area contributed by atoms with Crippen molar-refractivity contribution in [2.24, 2.45) is 0 Å². The Kier molecular flexibility index (Phi) is 3.94. The van der Waals surface area contributed by atoms with Crippen molar-refractivity contribution >= 4 is 5.69 Å². The Morgan fingerprint density at radius 3 is 2.37 bits per heavy atom. The Hall–Kier alpha value is -2.17. The van der Waals surface area contributed by atoms with Crippen molar-refractivity contribution in [1.82, 2.24) is 4.98 Å². The predicted octanol–water partition coefficient (Wildman–Crippen LogP) is 3.54.